The van der Waals surface area contributed by atoms with Crippen LogP contribution < -0.4 is 0 Å². The minimum atomic E-state index is -0.733. The van der Waals surface area contributed by atoms with E-state index in [1.165, 1.54) is 12.2 Å². The molecule has 0 amide bonds. The van der Waals surface area contributed by atoms with Gasteiger partial charge in [-0.15, -0.1) is 0 Å². The molecule has 0 aromatic heterocycles. The van der Waals surface area contributed by atoms with E-state index in [4.69, 9.17) is 9.47 Å². The van der Waals surface area contributed by atoms with Crippen LogP contribution in [-0.2, 0) is 19.1 Å². The Morgan fingerprint density at radius 2 is 1.74 bits per heavy atom. The monoisotopic (exact) mass is 470 g/mol. The summed E-state index contributed by atoms with van der Waals surface area (Å²) in [5, 5.41) is 20.1. The van der Waals surface area contributed by atoms with Gasteiger partial charge in [0.25, 0.3) is 0 Å². The molecule has 0 fully saturated rings. The third kappa shape index (κ3) is 15.8. The predicted molar refractivity (Wildman–Crippen MR) is 135 cm³/mol. The molecule has 0 aromatic carbocycles. The summed E-state index contributed by atoms with van der Waals surface area (Å²) in [6.45, 7) is 3.60. The molecule has 1 aliphatic rings. The van der Waals surface area contributed by atoms with Crippen LogP contribution >= 0.6 is 0 Å². The van der Waals surface area contributed by atoms with Crippen LogP contribution in [0.5, 0.6) is 0 Å². The second-order valence-electron chi connectivity index (χ2n) is 8.00. The summed E-state index contributed by atoms with van der Waals surface area (Å²) < 4.78 is 10.8. The number of esters is 2. The Morgan fingerprint density at radius 1 is 1.03 bits per heavy atom. The zero-order valence-electron chi connectivity index (χ0n) is 20.2. The second kappa shape index (κ2) is 18.5. The van der Waals surface area contributed by atoms with Crippen LogP contribution in [0.15, 0.2) is 85.1 Å². The highest BCUT2D eigenvalue weighted by atomic mass is 16.5. The first-order valence-corrected chi connectivity index (χ1v) is 11.8. The number of carbonyl (C=O) groups is 2. The van der Waals surface area contributed by atoms with E-state index in [1.54, 1.807) is 67.7 Å². The number of cyclic esters (lactones) is 1. The Hall–Kier alpha value is -2.96. The number of allylic oxidation sites excluding steroid dienone is 8. The number of aliphatic hydroxyl groups is 2. The largest absolute Gasteiger partial charge is 0.460 e. The molecule has 0 bridgehead atoms. The first-order chi connectivity index (χ1) is 16.4. The first kappa shape index (κ1) is 29.1. The van der Waals surface area contributed by atoms with Crippen LogP contribution in [0, 0.1) is 0 Å². The Balaban J connectivity index is 2.86. The Labute approximate surface area is 203 Å². The van der Waals surface area contributed by atoms with Crippen LogP contribution in [0.2, 0.25) is 0 Å². The topological polar surface area (TPSA) is 93.1 Å². The Kier molecular flexibility index (Phi) is 15.8. The number of aliphatic hydroxyl groups excluding tert-OH is 2. The van der Waals surface area contributed by atoms with Crippen molar-refractivity contribution in [2.45, 2.75) is 76.8 Å². The quantitative estimate of drug-likeness (QED) is 0.444. The summed E-state index contributed by atoms with van der Waals surface area (Å²) in [6, 6.07) is 0. The molecule has 1 rings (SSSR count). The van der Waals surface area contributed by atoms with Crippen molar-refractivity contribution in [3.05, 3.63) is 85.1 Å². The SMILES string of the molecule is CC=CC(=O)OC1C=CC=CCC(O)CC(O)C=CC=CCCCC(C)OC(=O)C=CC=CC1. The zero-order chi connectivity index (χ0) is 25.0. The molecule has 6 heteroatoms. The van der Waals surface area contributed by atoms with Gasteiger partial charge in [0.05, 0.1) is 18.3 Å². The van der Waals surface area contributed by atoms with E-state index >= 15 is 0 Å². The van der Waals surface area contributed by atoms with Gasteiger partial charge in [-0.3, -0.25) is 0 Å². The highest BCUT2D eigenvalue weighted by molar-refractivity contribution is 5.82. The summed E-state index contributed by atoms with van der Waals surface area (Å²) in [5.74, 6) is -0.842. The minimum absolute atomic E-state index is 0.187. The Morgan fingerprint density at radius 3 is 2.53 bits per heavy atom. The molecular weight excluding hydrogens is 432 g/mol. The van der Waals surface area contributed by atoms with E-state index in [0.717, 1.165) is 19.3 Å². The Bertz CT molecular complexity index is 800. The molecule has 0 saturated carbocycles. The normalized spacial score (nSPS) is 26.3. The molecule has 4 atom stereocenters. The highest BCUT2D eigenvalue weighted by Gasteiger charge is 2.09. The van der Waals surface area contributed by atoms with Gasteiger partial charge in [0.1, 0.15) is 6.10 Å². The van der Waals surface area contributed by atoms with Crippen molar-refractivity contribution >= 4 is 11.9 Å². The van der Waals surface area contributed by atoms with Gasteiger partial charge >= 0.3 is 11.9 Å². The fourth-order valence-electron chi connectivity index (χ4n) is 3.06. The molecule has 2 N–H and O–H groups in total. The van der Waals surface area contributed by atoms with E-state index < -0.39 is 30.3 Å². The molecule has 4 unspecified atom stereocenters. The van der Waals surface area contributed by atoms with E-state index in [9.17, 15) is 19.8 Å². The minimum Gasteiger partial charge on any atom is -0.460 e. The van der Waals surface area contributed by atoms with E-state index in [1.807, 2.05) is 19.1 Å². The van der Waals surface area contributed by atoms with Crippen LogP contribution in [0.1, 0.15) is 52.4 Å². The van der Waals surface area contributed by atoms with Gasteiger partial charge < -0.3 is 19.7 Å². The van der Waals surface area contributed by atoms with Crippen molar-refractivity contribution in [2.75, 3.05) is 0 Å². The van der Waals surface area contributed by atoms with Gasteiger partial charge in [-0.2, -0.15) is 0 Å². The summed E-state index contributed by atoms with van der Waals surface area (Å²) in [4.78, 5) is 23.8. The summed E-state index contributed by atoms with van der Waals surface area (Å²) in [7, 11) is 0. The fraction of sp³-hybridized carbons (Fsp3) is 0.429. The van der Waals surface area contributed by atoms with Crippen molar-refractivity contribution in [1.29, 1.82) is 0 Å². The molecule has 6 nitrogen and oxygen atoms in total. The maximum Gasteiger partial charge on any atom is 0.331 e. The van der Waals surface area contributed by atoms with Gasteiger partial charge in [-0.25, -0.2) is 9.59 Å². The van der Waals surface area contributed by atoms with Gasteiger partial charge in [-0.1, -0.05) is 66.8 Å². The van der Waals surface area contributed by atoms with Gasteiger partial charge in [0.15, 0.2) is 0 Å². The molecule has 186 valence electrons. The van der Waals surface area contributed by atoms with E-state index in [-0.39, 0.29) is 12.5 Å². The number of rotatable bonds is 2. The number of carbonyl (C=O) groups excluding carboxylic acids is 2. The van der Waals surface area contributed by atoms with Crippen molar-refractivity contribution in [1.82, 2.24) is 0 Å². The molecule has 1 heterocycles. The number of hydrogen-bond donors (Lipinski definition) is 2. The zero-order valence-corrected chi connectivity index (χ0v) is 20.2. The van der Waals surface area contributed by atoms with Crippen LogP contribution in [0.25, 0.3) is 0 Å². The molecule has 0 radical (unpaired) electrons. The maximum absolute atomic E-state index is 11.9. The average molecular weight is 471 g/mol. The highest BCUT2D eigenvalue weighted by Crippen LogP contribution is 2.09. The van der Waals surface area contributed by atoms with Crippen molar-refractivity contribution in [3.8, 4) is 0 Å². The van der Waals surface area contributed by atoms with Crippen molar-refractivity contribution < 1.29 is 29.3 Å². The number of ether oxygens (including phenoxy) is 2. The molecule has 0 spiro atoms. The second-order valence-corrected chi connectivity index (χ2v) is 8.00. The number of hydrogen-bond acceptors (Lipinski definition) is 6. The van der Waals surface area contributed by atoms with Gasteiger partial charge in [0, 0.05) is 25.0 Å². The smallest absolute Gasteiger partial charge is 0.331 e. The lowest BCUT2D eigenvalue weighted by Crippen LogP contribution is -2.15. The molecule has 0 saturated heterocycles. The average Bonchev–Trinajstić information content (AvgIpc) is 2.77. The summed E-state index contributed by atoms with van der Waals surface area (Å²) in [6.07, 6.45) is 25.2. The standard InChI is InChI=1S/C28H38O6/c1-3-15-27(31)34-26-19-12-7-11-18-25(30)22-24(29)17-10-6-4-5-9-16-23(2)33-28(32)21-14-8-13-20-26/h3-4,6-8,10-15,17,19,21,23-26,29-30H,5,9,16,18,20,22H2,1-2H3. The third-order valence-electron chi connectivity index (χ3n) is 4.79. The van der Waals surface area contributed by atoms with Crippen molar-refractivity contribution in [2.24, 2.45) is 0 Å². The van der Waals surface area contributed by atoms with Crippen LogP contribution in [0.3, 0.4) is 0 Å². The molecule has 34 heavy (non-hydrogen) atoms. The van der Waals surface area contributed by atoms with Gasteiger partial charge in [-0.05, 0) is 45.6 Å². The molecule has 0 aliphatic carbocycles. The lowest BCUT2D eigenvalue weighted by molar-refractivity contribution is -0.142. The summed E-state index contributed by atoms with van der Waals surface area (Å²) in [5.41, 5.74) is 0. The lowest BCUT2D eigenvalue weighted by Gasteiger charge is -2.11. The van der Waals surface area contributed by atoms with Crippen LogP contribution in [-0.4, -0.2) is 46.6 Å². The van der Waals surface area contributed by atoms with Crippen LogP contribution in [0.4, 0.5) is 0 Å². The molecular formula is C28H38O6. The molecule has 0 aromatic rings. The third-order valence-corrected chi connectivity index (χ3v) is 4.79. The van der Waals surface area contributed by atoms with Gasteiger partial charge in [0.2, 0.25) is 0 Å². The summed E-state index contributed by atoms with van der Waals surface area (Å²) >= 11 is 0. The fourth-order valence-corrected chi connectivity index (χ4v) is 3.06. The van der Waals surface area contributed by atoms with E-state index in [0.29, 0.717) is 12.8 Å². The maximum atomic E-state index is 11.9. The lowest BCUT2D eigenvalue weighted by atomic mass is 10.1. The predicted octanol–water partition coefficient (Wildman–Crippen LogP) is 4.82. The first-order valence-electron chi connectivity index (χ1n) is 11.8. The van der Waals surface area contributed by atoms with Crippen molar-refractivity contribution in [3.63, 3.8) is 0 Å². The van der Waals surface area contributed by atoms with E-state index in [2.05, 4.69) is 0 Å². The molecule has 1 aliphatic heterocycles.